The van der Waals surface area contributed by atoms with Crippen LogP contribution in [0.15, 0.2) is 18.2 Å². The first-order valence-corrected chi connectivity index (χ1v) is 8.64. The van der Waals surface area contributed by atoms with Crippen molar-refractivity contribution in [3.8, 4) is 11.8 Å². The molecule has 2 atom stereocenters. The van der Waals surface area contributed by atoms with Gasteiger partial charge in [-0.25, -0.2) is 0 Å². The first kappa shape index (κ1) is 15.8. The van der Waals surface area contributed by atoms with Crippen LogP contribution in [0.4, 0.5) is 8.78 Å². The van der Waals surface area contributed by atoms with Crippen molar-refractivity contribution in [1.82, 2.24) is 0 Å². The number of fused-ring (bicyclic) bond motifs is 1. The van der Waals surface area contributed by atoms with Gasteiger partial charge in [-0.1, -0.05) is 17.9 Å². The number of carbonyl (C=O) groups is 1. The van der Waals surface area contributed by atoms with Crippen molar-refractivity contribution in [2.24, 2.45) is 11.3 Å². The maximum Gasteiger partial charge on any atom is 0.345 e. The van der Waals surface area contributed by atoms with E-state index in [1.807, 2.05) is 6.07 Å². The monoisotopic (exact) mass is 330 g/mol. The number of ketones is 1. The normalized spacial score (nSPS) is 28.8. The molecule has 4 heteroatoms. The molecular weight excluding hydrogens is 310 g/mol. The van der Waals surface area contributed by atoms with Gasteiger partial charge in [0.05, 0.1) is 6.10 Å². The Morgan fingerprint density at radius 3 is 2.67 bits per heavy atom. The number of ether oxygens (including phenoxy) is 1. The minimum atomic E-state index is -2.80. The predicted octanol–water partition coefficient (Wildman–Crippen LogP) is 3.89. The van der Waals surface area contributed by atoms with Gasteiger partial charge in [0.15, 0.2) is 0 Å². The van der Waals surface area contributed by atoms with E-state index in [1.54, 1.807) is 0 Å². The molecule has 2 saturated carbocycles. The lowest BCUT2D eigenvalue weighted by Crippen LogP contribution is -2.41. The summed E-state index contributed by atoms with van der Waals surface area (Å²) >= 11 is 0. The molecule has 2 fully saturated rings. The molecule has 3 aliphatic carbocycles. The van der Waals surface area contributed by atoms with Crippen molar-refractivity contribution in [2.75, 3.05) is 0 Å². The van der Waals surface area contributed by atoms with E-state index in [1.165, 1.54) is 24.0 Å². The van der Waals surface area contributed by atoms with Gasteiger partial charge in [-0.3, -0.25) is 4.79 Å². The van der Waals surface area contributed by atoms with Crippen LogP contribution in [0.3, 0.4) is 0 Å². The van der Waals surface area contributed by atoms with Gasteiger partial charge in [0.2, 0.25) is 0 Å². The molecule has 24 heavy (non-hydrogen) atoms. The smallest absolute Gasteiger partial charge is 0.319 e. The third-order valence-corrected chi connectivity index (χ3v) is 5.51. The first-order valence-electron chi connectivity index (χ1n) is 8.64. The number of hydrogen-bond acceptors (Lipinski definition) is 2. The van der Waals surface area contributed by atoms with E-state index in [9.17, 15) is 13.6 Å². The summed E-state index contributed by atoms with van der Waals surface area (Å²) in [5.74, 6) is 7.13. The molecule has 1 unspecified atom stereocenters. The van der Waals surface area contributed by atoms with E-state index in [2.05, 4.69) is 28.7 Å². The summed E-state index contributed by atoms with van der Waals surface area (Å²) in [5.41, 5.74) is 3.00. The van der Waals surface area contributed by atoms with Crippen LogP contribution < -0.4 is 0 Å². The Bertz CT molecular complexity index is 727. The third-order valence-electron chi connectivity index (χ3n) is 5.51. The van der Waals surface area contributed by atoms with Crippen LogP contribution in [0.1, 0.15) is 48.8 Å². The Hall–Kier alpha value is -1.73. The molecule has 0 aromatic heterocycles. The molecule has 0 heterocycles. The highest BCUT2D eigenvalue weighted by Crippen LogP contribution is 2.46. The number of rotatable bonds is 2. The topological polar surface area (TPSA) is 26.3 Å². The molecule has 1 spiro atoms. The molecule has 0 bridgehead atoms. The van der Waals surface area contributed by atoms with E-state index in [-0.39, 0.29) is 12.2 Å². The predicted molar refractivity (Wildman–Crippen MR) is 85.6 cm³/mol. The van der Waals surface area contributed by atoms with Crippen LogP contribution in [0.2, 0.25) is 0 Å². The largest absolute Gasteiger partial charge is 0.345 e. The summed E-state index contributed by atoms with van der Waals surface area (Å²) in [7, 11) is 0. The van der Waals surface area contributed by atoms with Gasteiger partial charge in [0, 0.05) is 23.3 Å². The summed E-state index contributed by atoms with van der Waals surface area (Å²) < 4.78 is 29.3. The molecule has 2 nitrogen and oxygen atoms in total. The number of halogens is 2. The van der Waals surface area contributed by atoms with E-state index in [4.69, 9.17) is 0 Å². The number of Topliss-reactive ketones (excluding diaryl/α,β-unsaturated/α-hetero) is 1. The quantitative estimate of drug-likeness (QED) is 0.769. The van der Waals surface area contributed by atoms with Crippen molar-refractivity contribution in [1.29, 1.82) is 0 Å². The van der Waals surface area contributed by atoms with Crippen molar-refractivity contribution in [3.63, 3.8) is 0 Å². The molecule has 3 aliphatic rings. The molecule has 0 amide bonds. The second kappa shape index (κ2) is 5.97. The SMILES string of the molecule is O=C1C[C@H](OC(F)F)CCC12Cc1ccc(C#CC3CC3)cc1C2. The summed E-state index contributed by atoms with van der Waals surface area (Å²) in [4.78, 5) is 12.6. The zero-order chi connectivity index (χ0) is 16.7. The fraction of sp³-hybridized carbons (Fsp3) is 0.550. The van der Waals surface area contributed by atoms with Gasteiger partial charge >= 0.3 is 6.61 Å². The van der Waals surface area contributed by atoms with Crippen LogP contribution in [-0.2, 0) is 22.4 Å². The molecule has 0 radical (unpaired) electrons. The van der Waals surface area contributed by atoms with Crippen LogP contribution in [0.25, 0.3) is 0 Å². The molecule has 126 valence electrons. The van der Waals surface area contributed by atoms with Gasteiger partial charge in [0.1, 0.15) is 5.78 Å². The van der Waals surface area contributed by atoms with Gasteiger partial charge in [-0.05, 0) is 61.8 Å². The highest BCUT2D eigenvalue weighted by atomic mass is 19.3. The number of hydrogen-bond donors (Lipinski definition) is 0. The Morgan fingerprint density at radius 2 is 1.96 bits per heavy atom. The Balaban J connectivity index is 1.48. The zero-order valence-electron chi connectivity index (χ0n) is 13.5. The van der Waals surface area contributed by atoms with Crippen LogP contribution in [0.5, 0.6) is 0 Å². The number of benzene rings is 1. The highest BCUT2D eigenvalue weighted by Gasteiger charge is 2.47. The van der Waals surface area contributed by atoms with E-state index in [0.29, 0.717) is 25.2 Å². The van der Waals surface area contributed by atoms with E-state index < -0.39 is 18.1 Å². The van der Waals surface area contributed by atoms with E-state index in [0.717, 1.165) is 12.0 Å². The second-order valence-corrected chi connectivity index (χ2v) is 7.35. The van der Waals surface area contributed by atoms with E-state index >= 15 is 0 Å². The zero-order valence-corrected chi connectivity index (χ0v) is 13.5. The molecular formula is C20H20F2O2. The van der Waals surface area contributed by atoms with Gasteiger partial charge < -0.3 is 4.74 Å². The van der Waals surface area contributed by atoms with Crippen molar-refractivity contribution in [3.05, 3.63) is 34.9 Å². The maximum atomic E-state index is 12.6. The van der Waals surface area contributed by atoms with Gasteiger partial charge in [-0.15, -0.1) is 0 Å². The van der Waals surface area contributed by atoms with Crippen LogP contribution in [-0.4, -0.2) is 18.5 Å². The Morgan fingerprint density at radius 1 is 1.17 bits per heavy atom. The Kier molecular flexibility index (Phi) is 3.92. The fourth-order valence-electron chi connectivity index (χ4n) is 3.98. The summed E-state index contributed by atoms with van der Waals surface area (Å²) in [5, 5.41) is 0. The lowest BCUT2D eigenvalue weighted by molar-refractivity contribution is -0.178. The standard InChI is InChI=1S/C20H20F2O2/c21-19(22)24-17-7-8-20(18(23)10-17)11-15-6-5-14(9-16(15)12-20)4-3-13-1-2-13/h5-6,9,13,17,19H,1-2,7-8,10-12H2/t17-,20?/m1/s1. The fourth-order valence-corrected chi connectivity index (χ4v) is 3.98. The average Bonchev–Trinajstić information content (AvgIpc) is 3.28. The Labute approximate surface area is 140 Å². The first-order chi connectivity index (χ1) is 11.5. The van der Waals surface area contributed by atoms with Crippen molar-refractivity contribution >= 4 is 5.78 Å². The van der Waals surface area contributed by atoms with Crippen LogP contribution >= 0.6 is 0 Å². The third kappa shape index (κ3) is 3.10. The number of carbonyl (C=O) groups excluding carboxylic acids is 1. The average molecular weight is 330 g/mol. The summed E-state index contributed by atoms with van der Waals surface area (Å²) in [6.07, 6.45) is 4.47. The molecule has 1 aromatic carbocycles. The van der Waals surface area contributed by atoms with Gasteiger partial charge in [-0.2, -0.15) is 8.78 Å². The molecule has 0 N–H and O–H groups in total. The highest BCUT2D eigenvalue weighted by molar-refractivity contribution is 5.87. The molecule has 4 rings (SSSR count). The maximum absolute atomic E-state index is 12.6. The molecule has 0 aliphatic heterocycles. The second-order valence-electron chi connectivity index (χ2n) is 7.35. The van der Waals surface area contributed by atoms with Crippen molar-refractivity contribution < 1.29 is 18.3 Å². The minimum absolute atomic E-state index is 0.0706. The lowest BCUT2D eigenvalue weighted by atomic mass is 9.70. The van der Waals surface area contributed by atoms with Crippen molar-refractivity contribution in [2.45, 2.75) is 57.7 Å². The molecule has 1 aromatic rings. The van der Waals surface area contributed by atoms with Crippen LogP contribution in [0, 0.1) is 23.2 Å². The minimum Gasteiger partial charge on any atom is -0.319 e. The molecule has 0 saturated heterocycles. The summed E-state index contributed by atoms with van der Waals surface area (Å²) in [6.45, 7) is -2.80. The summed E-state index contributed by atoms with van der Waals surface area (Å²) in [6, 6.07) is 6.22. The lowest BCUT2D eigenvalue weighted by Gasteiger charge is -2.35. The van der Waals surface area contributed by atoms with Gasteiger partial charge in [0.25, 0.3) is 0 Å². The number of alkyl halides is 2.